The van der Waals surface area contributed by atoms with E-state index in [-0.39, 0.29) is 11.6 Å². The molecule has 1 heterocycles. The Morgan fingerprint density at radius 2 is 1.90 bits per heavy atom. The lowest BCUT2D eigenvalue weighted by Crippen LogP contribution is -2.05. The van der Waals surface area contributed by atoms with Crippen LogP contribution in [0.3, 0.4) is 0 Å². The number of fused-ring (bicyclic) bond motifs is 1. The zero-order chi connectivity index (χ0) is 14.1. The molecular formula is C16H13F2NO. The smallest absolute Gasteiger partial charge is 0.138 e. The first-order valence-electron chi connectivity index (χ1n) is 6.30. The summed E-state index contributed by atoms with van der Waals surface area (Å²) in [6.07, 6.45) is 0. The zero-order valence-corrected chi connectivity index (χ0v) is 10.9. The van der Waals surface area contributed by atoms with Gasteiger partial charge in [-0.05, 0) is 49.0 Å². The first-order chi connectivity index (χ1) is 9.67. The Bertz CT molecular complexity index is 764. The van der Waals surface area contributed by atoms with Gasteiger partial charge >= 0.3 is 0 Å². The fourth-order valence-corrected chi connectivity index (χ4v) is 2.22. The Labute approximate surface area is 115 Å². The third-order valence-electron chi connectivity index (χ3n) is 3.16. The van der Waals surface area contributed by atoms with Crippen LogP contribution in [0.2, 0.25) is 0 Å². The second-order valence-corrected chi connectivity index (χ2v) is 4.64. The molecule has 3 aromatic rings. The van der Waals surface area contributed by atoms with E-state index in [1.807, 2.05) is 6.07 Å². The van der Waals surface area contributed by atoms with Crippen molar-refractivity contribution in [2.24, 2.45) is 0 Å². The van der Waals surface area contributed by atoms with Gasteiger partial charge in [0.2, 0.25) is 0 Å². The second kappa shape index (κ2) is 5.06. The van der Waals surface area contributed by atoms with Crippen molar-refractivity contribution in [2.75, 3.05) is 7.05 Å². The summed E-state index contributed by atoms with van der Waals surface area (Å²) in [6, 6.07) is 10.9. The molecule has 1 aromatic heterocycles. The van der Waals surface area contributed by atoms with Crippen LogP contribution < -0.4 is 5.32 Å². The Morgan fingerprint density at radius 3 is 2.65 bits per heavy atom. The lowest BCUT2D eigenvalue weighted by Gasteiger charge is -2.03. The van der Waals surface area contributed by atoms with Gasteiger partial charge in [-0.3, -0.25) is 0 Å². The summed E-state index contributed by atoms with van der Waals surface area (Å²) >= 11 is 0. The molecule has 0 atom stereocenters. The number of benzene rings is 2. The molecule has 0 unspecified atom stereocenters. The number of hydrogen-bond donors (Lipinski definition) is 1. The fraction of sp³-hybridized carbons (Fsp3) is 0.125. The van der Waals surface area contributed by atoms with Crippen molar-refractivity contribution in [1.82, 2.24) is 5.32 Å². The van der Waals surface area contributed by atoms with Crippen molar-refractivity contribution in [3.63, 3.8) is 0 Å². The van der Waals surface area contributed by atoms with Crippen LogP contribution in [0.5, 0.6) is 0 Å². The molecule has 0 saturated carbocycles. The van der Waals surface area contributed by atoms with Crippen molar-refractivity contribution in [1.29, 1.82) is 0 Å². The normalized spacial score (nSPS) is 11.2. The maximum absolute atomic E-state index is 14.1. The summed E-state index contributed by atoms with van der Waals surface area (Å²) in [6.45, 7) is 0.600. The number of rotatable bonds is 3. The lowest BCUT2D eigenvalue weighted by atomic mass is 10.1. The SMILES string of the molecule is CNCc1ccc(-c2cc3cc(F)ccc3o2)c(F)c1. The predicted octanol–water partition coefficient (Wildman–Crippen LogP) is 4.10. The molecule has 0 saturated heterocycles. The van der Waals surface area contributed by atoms with Gasteiger partial charge in [-0.2, -0.15) is 0 Å². The van der Waals surface area contributed by atoms with Gasteiger partial charge in [0, 0.05) is 11.9 Å². The summed E-state index contributed by atoms with van der Waals surface area (Å²) in [4.78, 5) is 0. The monoisotopic (exact) mass is 273 g/mol. The predicted molar refractivity (Wildman–Crippen MR) is 74.3 cm³/mol. The molecule has 2 nitrogen and oxygen atoms in total. The molecule has 0 aliphatic heterocycles. The number of hydrogen-bond acceptors (Lipinski definition) is 2. The van der Waals surface area contributed by atoms with Gasteiger partial charge in [0.1, 0.15) is 23.0 Å². The van der Waals surface area contributed by atoms with Crippen LogP contribution in [-0.2, 0) is 6.54 Å². The van der Waals surface area contributed by atoms with Gasteiger partial charge in [0.25, 0.3) is 0 Å². The van der Waals surface area contributed by atoms with Crippen molar-refractivity contribution in [2.45, 2.75) is 6.54 Å². The molecule has 20 heavy (non-hydrogen) atoms. The highest BCUT2D eigenvalue weighted by atomic mass is 19.1. The van der Waals surface area contributed by atoms with Gasteiger partial charge in [0.15, 0.2) is 0 Å². The van der Waals surface area contributed by atoms with Gasteiger partial charge in [-0.1, -0.05) is 6.07 Å². The van der Waals surface area contributed by atoms with Crippen LogP contribution in [0.25, 0.3) is 22.3 Å². The highest BCUT2D eigenvalue weighted by Crippen LogP contribution is 2.30. The van der Waals surface area contributed by atoms with Crippen molar-refractivity contribution in [3.05, 3.63) is 59.7 Å². The van der Waals surface area contributed by atoms with E-state index >= 15 is 0 Å². The van der Waals surface area contributed by atoms with Gasteiger partial charge in [-0.25, -0.2) is 8.78 Å². The standard InChI is InChI=1S/C16H13F2NO/c1-19-9-10-2-4-13(14(18)6-10)16-8-11-7-12(17)3-5-15(11)20-16/h2-8,19H,9H2,1H3. The Kier molecular flexibility index (Phi) is 3.24. The average Bonchev–Trinajstić information content (AvgIpc) is 2.81. The summed E-state index contributed by atoms with van der Waals surface area (Å²) in [5.41, 5.74) is 1.78. The van der Waals surface area contributed by atoms with E-state index in [2.05, 4.69) is 5.32 Å². The Hall–Kier alpha value is -2.20. The quantitative estimate of drug-likeness (QED) is 0.777. The third-order valence-corrected chi connectivity index (χ3v) is 3.16. The van der Waals surface area contributed by atoms with E-state index in [4.69, 9.17) is 4.42 Å². The summed E-state index contributed by atoms with van der Waals surface area (Å²) in [7, 11) is 1.81. The van der Waals surface area contributed by atoms with Crippen LogP contribution in [0.4, 0.5) is 8.78 Å². The maximum atomic E-state index is 14.1. The van der Waals surface area contributed by atoms with E-state index in [1.54, 1.807) is 25.2 Å². The molecule has 0 fully saturated rings. The number of nitrogens with one attached hydrogen (secondary N) is 1. The van der Waals surface area contributed by atoms with E-state index in [0.717, 1.165) is 5.56 Å². The summed E-state index contributed by atoms with van der Waals surface area (Å²) in [5, 5.41) is 3.59. The van der Waals surface area contributed by atoms with Crippen LogP contribution in [-0.4, -0.2) is 7.05 Å². The molecule has 0 radical (unpaired) electrons. The van der Waals surface area contributed by atoms with E-state index in [1.165, 1.54) is 18.2 Å². The highest BCUT2D eigenvalue weighted by Gasteiger charge is 2.11. The molecule has 102 valence electrons. The summed E-state index contributed by atoms with van der Waals surface area (Å²) in [5.74, 6) is -0.286. The van der Waals surface area contributed by atoms with E-state index < -0.39 is 0 Å². The molecule has 2 aromatic carbocycles. The Balaban J connectivity index is 2.06. The molecular weight excluding hydrogens is 260 g/mol. The topological polar surface area (TPSA) is 25.2 Å². The van der Waals surface area contributed by atoms with Gasteiger partial charge in [-0.15, -0.1) is 0 Å². The minimum Gasteiger partial charge on any atom is -0.456 e. The van der Waals surface area contributed by atoms with Gasteiger partial charge in [0.05, 0.1) is 5.56 Å². The minimum absolute atomic E-state index is 0.338. The molecule has 0 bridgehead atoms. The first-order valence-corrected chi connectivity index (χ1v) is 6.30. The van der Waals surface area contributed by atoms with Crippen LogP contribution >= 0.6 is 0 Å². The molecule has 0 amide bonds. The number of furan rings is 1. The maximum Gasteiger partial charge on any atom is 0.138 e. The Morgan fingerprint density at radius 1 is 1.05 bits per heavy atom. The molecule has 0 spiro atoms. The second-order valence-electron chi connectivity index (χ2n) is 4.64. The largest absolute Gasteiger partial charge is 0.456 e. The molecule has 0 aliphatic rings. The highest BCUT2D eigenvalue weighted by molar-refractivity contribution is 5.82. The minimum atomic E-state index is -0.350. The molecule has 4 heteroatoms. The fourth-order valence-electron chi connectivity index (χ4n) is 2.22. The summed E-state index contributed by atoms with van der Waals surface area (Å²) < 4.78 is 32.8. The van der Waals surface area contributed by atoms with Crippen molar-refractivity contribution in [3.8, 4) is 11.3 Å². The van der Waals surface area contributed by atoms with E-state index in [0.29, 0.717) is 28.8 Å². The molecule has 3 rings (SSSR count). The molecule has 0 aliphatic carbocycles. The first kappa shape index (κ1) is 12.8. The van der Waals surface area contributed by atoms with Gasteiger partial charge < -0.3 is 9.73 Å². The zero-order valence-electron chi connectivity index (χ0n) is 10.9. The van der Waals surface area contributed by atoms with Crippen molar-refractivity contribution < 1.29 is 13.2 Å². The van der Waals surface area contributed by atoms with Crippen LogP contribution in [0, 0.1) is 11.6 Å². The van der Waals surface area contributed by atoms with Crippen LogP contribution in [0.15, 0.2) is 46.9 Å². The average molecular weight is 273 g/mol. The lowest BCUT2D eigenvalue weighted by molar-refractivity contribution is 0.597. The molecule has 1 N–H and O–H groups in total. The van der Waals surface area contributed by atoms with Crippen molar-refractivity contribution >= 4 is 11.0 Å². The third kappa shape index (κ3) is 2.30. The number of halogens is 2. The van der Waals surface area contributed by atoms with E-state index in [9.17, 15) is 8.78 Å². The van der Waals surface area contributed by atoms with Crippen LogP contribution in [0.1, 0.15) is 5.56 Å².